The average Bonchev–Trinajstić information content (AvgIpc) is 3.00. The van der Waals surface area contributed by atoms with Crippen LogP contribution >= 0.6 is 0 Å². The second-order valence-electron chi connectivity index (χ2n) is 8.69. The molecule has 176 valence electrons. The molecule has 2 unspecified atom stereocenters. The van der Waals surface area contributed by atoms with E-state index in [1.807, 2.05) is 24.3 Å². The van der Waals surface area contributed by atoms with Gasteiger partial charge in [-0.2, -0.15) is 0 Å². The molecule has 1 fully saturated rings. The second kappa shape index (κ2) is 12.1. The smallest absolute Gasteiger partial charge is 0.320 e. The monoisotopic (exact) mass is 443 g/mol. The fourth-order valence-electron chi connectivity index (χ4n) is 4.58. The molecule has 2 aromatic rings. The van der Waals surface area contributed by atoms with E-state index >= 15 is 0 Å². The van der Waals surface area contributed by atoms with Gasteiger partial charge in [0.25, 0.3) is 0 Å². The van der Waals surface area contributed by atoms with Crippen molar-refractivity contribution < 1.29 is 19.7 Å². The minimum absolute atomic E-state index is 0.450. The van der Waals surface area contributed by atoms with E-state index in [2.05, 4.69) is 21.7 Å². The van der Waals surface area contributed by atoms with E-state index in [1.54, 1.807) is 13.3 Å². The molecule has 2 heterocycles. The van der Waals surface area contributed by atoms with Crippen LogP contribution in [0.25, 0.3) is 10.9 Å². The number of unbranched alkanes of at least 4 members (excludes halogenated alkanes) is 4. The fourth-order valence-corrected chi connectivity index (χ4v) is 4.58. The summed E-state index contributed by atoms with van der Waals surface area (Å²) in [6.45, 7) is 5.61. The lowest BCUT2D eigenvalue weighted by molar-refractivity contribution is -0.143. The Morgan fingerprint density at radius 1 is 1.19 bits per heavy atom. The minimum Gasteiger partial charge on any atom is -0.497 e. The van der Waals surface area contributed by atoms with Crippen LogP contribution in [0.5, 0.6) is 5.75 Å². The van der Waals surface area contributed by atoms with Crippen LogP contribution in [0, 0.1) is 0 Å². The first-order valence-corrected chi connectivity index (χ1v) is 11.8. The number of carboxylic acid groups (broad SMARTS) is 1. The molecule has 1 aliphatic heterocycles. The van der Waals surface area contributed by atoms with E-state index in [0.717, 1.165) is 48.1 Å². The third-order valence-electron chi connectivity index (χ3n) is 6.47. The Kier molecular flexibility index (Phi) is 9.26. The zero-order chi connectivity index (χ0) is 22.9. The first-order valence-electron chi connectivity index (χ1n) is 11.8. The number of β-amino-alcohol motifs (C(OH)–C–C–N with tert-alkyl or cyclic N) is 1. The molecule has 2 atom stereocenters. The molecule has 3 rings (SSSR count). The van der Waals surface area contributed by atoms with Crippen molar-refractivity contribution in [2.75, 3.05) is 39.8 Å². The van der Waals surface area contributed by atoms with Gasteiger partial charge in [-0.25, -0.2) is 0 Å². The summed E-state index contributed by atoms with van der Waals surface area (Å²) in [6.07, 6.45) is 7.46. The molecule has 0 amide bonds. The summed E-state index contributed by atoms with van der Waals surface area (Å²) < 4.78 is 5.34. The molecule has 0 radical (unpaired) electrons. The number of methoxy groups -OCH3 is 1. The van der Waals surface area contributed by atoms with Gasteiger partial charge >= 0.3 is 5.97 Å². The van der Waals surface area contributed by atoms with E-state index in [0.29, 0.717) is 26.1 Å². The number of nitrogens with zero attached hydrogens (tertiary/aromatic N) is 3. The van der Waals surface area contributed by atoms with Crippen molar-refractivity contribution in [3.05, 3.63) is 36.0 Å². The predicted molar refractivity (Wildman–Crippen MR) is 126 cm³/mol. The van der Waals surface area contributed by atoms with Gasteiger partial charge in [0.15, 0.2) is 0 Å². The van der Waals surface area contributed by atoms with E-state index < -0.39 is 18.1 Å². The molecule has 1 aromatic heterocycles. The van der Waals surface area contributed by atoms with Gasteiger partial charge in [0.05, 0.1) is 18.7 Å². The molecule has 32 heavy (non-hydrogen) atoms. The predicted octanol–water partition coefficient (Wildman–Crippen LogP) is 3.71. The van der Waals surface area contributed by atoms with Gasteiger partial charge in [0.1, 0.15) is 11.8 Å². The van der Waals surface area contributed by atoms with Crippen LogP contribution in [0.15, 0.2) is 30.5 Å². The fraction of sp³-hybridized carbons (Fsp3) is 0.600. The maximum atomic E-state index is 11.9. The molecule has 2 N–H and O–H groups in total. The largest absolute Gasteiger partial charge is 0.497 e. The zero-order valence-electron chi connectivity index (χ0n) is 19.4. The molecule has 0 bridgehead atoms. The van der Waals surface area contributed by atoms with Gasteiger partial charge < -0.3 is 14.9 Å². The number of carboxylic acids is 1. The van der Waals surface area contributed by atoms with Crippen LogP contribution in [0.2, 0.25) is 0 Å². The number of carbonyl (C=O) groups is 1. The van der Waals surface area contributed by atoms with Crippen molar-refractivity contribution >= 4 is 16.9 Å². The summed E-state index contributed by atoms with van der Waals surface area (Å²) in [5, 5.41) is 21.7. The highest BCUT2D eigenvalue weighted by atomic mass is 16.5. The maximum absolute atomic E-state index is 11.9. The number of rotatable bonds is 11. The van der Waals surface area contributed by atoms with Crippen LogP contribution in [0.3, 0.4) is 0 Å². The van der Waals surface area contributed by atoms with E-state index in [4.69, 9.17) is 4.74 Å². The third kappa shape index (κ3) is 6.40. The Hall–Kier alpha value is -2.22. The number of aliphatic hydroxyl groups is 1. The standard InChI is InChI=1S/C25H37N3O4/c1-3-4-5-6-7-13-28-16-15-27(14-11-23(28)25(30)31)18-24(29)20-10-12-26-22-9-8-19(32-2)17-21(20)22/h8-10,12,17,23-24,29H,3-7,11,13-16,18H2,1-2H3,(H,30,31). The van der Waals surface area contributed by atoms with Gasteiger partial charge in [0.2, 0.25) is 0 Å². The average molecular weight is 444 g/mol. The Labute approximate surface area is 191 Å². The van der Waals surface area contributed by atoms with E-state index in [-0.39, 0.29) is 0 Å². The molecule has 0 saturated carbocycles. The number of aliphatic hydroxyl groups excluding tert-OH is 1. The molecular formula is C25H37N3O4. The number of hydrogen-bond donors (Lipinski definition) is 2. The van der Waals surface area contributed by atoms with Crippen LogP contribution in [0.1, 0.15) is 57.1 Å². The lowest BCUT2D eigenvalue weighted by Crippen LogP contribution is -2.42. The lowest BCUT2D eigenvalue weighted by Gasteiger charge is -2.26. The summed E-state index contributed by atoms with van der Waals surface area (Å²) in [6, 6.07) is 7.07. The quantitative estimate of drug-likeness (QED) is 0.512. The van der Waals surface area contributed by atoms with Crippen molar-refractivity contribution in [1.82, 2.24) is 14.8 Å². The Morgan fingerprint density at radius 2 is 2.00 bits per heavy atom. The van der Waals surface area contributed by atoms with Gasteiger partial charge in [0, 0.05) is 37.8 Å². The first kappa shape index (κ1) is 24.4. The van der Waals surface area contributed by atoms with Gasteiger partial charge in [-0.15, -0.1) is 0 Å². The first-order chi connectivity index (χ1) is 15.5. The zero-order valence-corrected chi connectivity index (χ0v) is 19.4. The van der Waals surface area contributed by atoms with Gasteiger partial charge in [-0.3, -0.25) is 19.6 Å². The van der Waals surface area contributed by atoms with E-state index in [9.17, 15) is 15.0 Å². The number of aromatic nitrogens is 1. The SMILES string of the molecule is CCCCCCCN1CCN(CC(O)c2ccnc3ccc(OC)cc23)CCC1C(=O)O. The van der Waals surface area contributed by atoms with Crippen LogP contribution in [0.4, 0.5) is 0 Å². The number of hydrogen-bond acceptors (Lipinski definition) is 6. The highest BCUT2D eigenvalue weighted by Gasteiger charge is 2.29. The Morgan fingerprint density at radius 3 is 2.75 bits per heavy atom. The molecular weight excluding hydrogens is 406 g/mol. The Balaban J connectivity index is 1.64. The normalized spacial score (nSPS) is 19.0. The molecule has 1 aromatic carbocycles. The Bertz CT molecular complexity index is 875. The van der Waals surface area contributed by atoms with Gasteiger partial charge in [-0.1, -0.05) is 32.6 Å². The number of aliphatic carboxylic acids is 1. The summed E-state index contributed by atoms with van der Waals surface area (Å²) in [5.41, 5.74) is 1.64. The van der Waals surface area contributed by atoms with Gasteiger partial charge in [-0.05, 0) is 49.2 Å². The molecule has 7 heteroatoms. The van der Waals surface area contributed by atoms with Crippen molar-refractivity contribution in [2.24, 2.45) is 0 Å². The summed E-state index contributed by atoms with van der Waals surface area (Å²) in [4.78, 5) is 20.6. The third-order valence-corrected chi connectivity index (χ3v) is 6.47. The van der Waals surface area contributed by atoms with E-state index in [1.165, 1.54) is 19.3 Å². The maximum Gasteiger partial charge on any atom is 0.320 e. The van der Waals surface area contributed by atoms with Crippen molar-refractivity contribution in [3.63, 3.8) is 0 Å². The molecule has 1 saturated heterocycles. The number of benzene rings is 1. The highest BCUT2D eigenvalue weighted by Crippen LogP contribution is 2.27. The van der Waals surface area contributed by atoms with Crippen molar-refractivity contribution in [2.45, 2.75) is 57.6 Å². The summed E-state index contributed by atoms with van der Waals surface area (Å²) >= 11 is 0. The van der Waals surface area contributed by atoms with Crippen molar-refractivity contribution in [3.8, 4) is 5.75 Å². The highest BCUT2D eigenvalue weighted by molar-refractivity contribution is 5.83. The molecule has 0 spiro atoms. The number of pyridine rings is 1. The molecule has 1 aliphatic rings. The second-order valence-corrected chi connectivity index (χ2v) is 8.69. The van der Waals surface area contributed by atoms with Crippen LogP contribution in [-0.2, 0) is 4.79 Å². The van der Waals surface area contributed by atoms with Crippen LogP contribution < -0.4 is 4.74 Å². The minimum atomic E-state index is -0.742. The topological polar surface area (TPSA) is 86.1 Å². The molecule has 0 aliphatic carbocycles. The van der Waals surface area contributed by atoms with Crippen LogP contribution in [-0.4, -0.2) is 76.8 Å². The summed E-state index contributed by atoms with van der Waals surface area (Å²) in [5.74, 6) is -0.0132. The number of fused-ring (bicyclic) bond motifs is 1. The summed E-state index contributed by atoms with van der Waals surface area (Å²) in [7, 11) is 1.62. The molecule has 7 nitrogen and oxygen atoms in total. The van der Waals surface area contributed by atoms with Crippen molar-refractivity contribution in [1.29, 1.82) is 0 Å². The number of ether oxygens (including phenoxy) is 1. The lowest BCUT2D eigenvalue weighted by atomic mass is 10.0.